The highest BCUT2D eigenvalue weighted by atomic mass is 16.5. The topological polar surface area (TPSA) is 79.7 Å². The van der Waals surface area contributed by atoms with Crippen LogP contribution in [0.5, 0.6) is 5.75 Å². The summed E-state index contributed by atoms with van der Waals surface area (Å²) >= 11 is 0. The van der Waals surface area contributed by atoms with Crippen LogP contribution < -0.4 is 4.74 Å². The maximum Gasteiger partial charge on any atom is 0.326 e. The number of aliphatic carboxylic acids is 1. The lowest BCUT2D eigenvalue weighted by molar-refractivity contribution is -0.147. The Balaban J connectivity index is 2.05. The summed E-state index contributed by atoms with van der Waals surface area (Å²) in [6.45, 7) is 1.67. The molecule has 1 aromatic heterocycles. The summed E-state index contributed by atoms with van der Waals surface area (Å²) in [5.74, 6) is -0.612. The summed E-state index contributed by atoms with van der Waals surface area (Å²) in [5, 5.41) is 9.06. The number of pyridine rings is 1. The van der Waals surface area contributed by atoms with E-state index in [1.165, 1.54) is 11.8 Å². The molecule has 2 heterocycles. The minimum Gasteiger partial charge on any atom is -0.488 e. The number of aromatic nitrogens is 1. The van der Waals surface area contributed by atoms with Gasteiger partial charge in [-0.15, -0.1) is 0 Å². The molecule has 1 aliphatic heterocycles. The molecule has 0 saturated carbocycles. The molecule has 1 N–H and O–H groups in total. The predicted octanol–water partition coefficient (Wildman–Crippen LogP) is 0.534. The summed E-state index contributed by atoms with van der Waals surface area (Å²) in [4.78, 5) is 27.6. The summed E-state index contributed by atoms with van der Waals surface area (Å²) in [7, 11) is 0. The molecule has 0 aromatic carbocycles. The van der Waals surface area contributed by atoms with Gasteiger partial charge in [-0.05, 0) is 12.1 Å². The van der Waals surface area contributed by atoms with Gasteiger partial charge in [-0.2, -0.15) is 0 Å². The number of carboxylic acid groups (broad SMARTS) is 1. The number of carbonyl (C=O) groups excluding carboxylic acids is 1. The van der Waals surface area contributed by atoms with E-state index < -0.39 is 12.0 Å². The molecule has 1 saturated heterocycles. The molecule has 0 radical (unpaired) electrons. The van der Waals surface area contributed by atoms with Crippen molar-refractivity contribution >= 4 is 11.9 Å². The van der Waals surface area contributed by atoms with Gasteiger partial charge in [0.25, 0.3) is 0 Å². The van der Waals surface area contributed by atoms with E-state index in [0.29, 0.717) is 18.7 Å². The predicted molar refractivity (Wildman–Crippen MR) is 62.1 cm³/mol. The Morgan fingerprint density at radius 1 is 1.44 bits per heavy atom. The highest BCUT2D eigenvalue weighted by Gasteiger charge is 2.39. The standard InChI is InChI=1S/C12H14N2O4/c1-8(15)14-7-10(6-11(14)12(16)17)18-9-2-4-13-5-3-9/h2-5,10-11H,6-7H2,1H3,(H,16,17)/t10-,11-/m0/s1. The van der Waals surface area contributed by atoms with Crippen molar-refractivity contribution in [2.24, 2.45) is 0 Å². The first-order chi connectivity index (χ1) is 8.58. The Bertz CT molecular complexity index is 427. The van der Waals surface area contributed by atoms with E-state index in [1.54, 1.807) is 24.5 Å². The Kier molecular flexibility index (Phi) is 3.45. The summed E-state index contributed by atoms with van der Waals surface area (Å²) in [5.41, 5.74) is 0. The molecule has 0 aliphatic carbocycles. The molecule has 96 valence electrons. The second-order valence-electron chi connectivity index (χ2n) is 4.18. The number of carboxylic acids is 1. The number of hydrogen-bond acceptors (Lipinski definition) is 4. The Morgan fingerprint density at radius 3 is 2.61 bits per heavy atom. The molecular weight excluding hydrogens is 236 g/mol. The van der Waals surface area contributed by atoms with Crippen molar-refractivity contribution in [2.45, 2.75) is 25.5 Å². The quantitative estimate of drug-likeness (QED) is 0.846. The monoisotopic (exact) mass is 250 g/mol. The van der Waals surface area contributed by atoms with Gasteiger partial charge < -0.3 is 14.7 Å². The van der Waals surface area contributed by atoms with Crippen LogP contribution in [0.1, 0.15) is 13.3 Å². The zero-order valence-corrected chi connectivity index (χ0v) is 9.94. The SMILES string of the molecule is CC(=O)N1C[C@@H](Oc2ccncc2)C[C@H]1C(=O)O. The fourth-order valence-electron chi connectivity index (χ4n) is 2.07. The molecule has 0 unspecified atom stereocenters. The maximum absolute atomic E-state index is 11.4. The molecule has 2 atom stereocenters. The Labute approximate surface area is 104 Å². The van der Waals surface area contributed by atoms with E-state index in [4.69, 9.17) is 9.84 Å². The van der Waals surface area contributed by atoms with Crippen molar-refractivity contribution in [3.05, 3.63) is 24.5 Å². The minimum absolute atomic E-state index is 0.247. The average molecular weight is 250 g/mol. The third-order valence-electron chi connectivity index (χ3n) is 2.90. The molecule has 1 fully saturated rings. The van der Waals surface area contributed by atoms with Gasteiger partial charge in [-0.1, -0.05) is 0 Å². The minimum atomic E-state index is -0.994. The molecule has 6 nitrogen and oxygen atoms in total. The Hall–Kier alpha value is -2.11. The maximum atomic E-state index is 11.4. The van der Waals surface area contributed by atoms with Gasteiger partial charge in [-0.25, -0.2) is 4.79 Å². The van der Waals surface area contributed by atoms with Gasteiger partial charge in [-0.3, -0.25) is 9.78 Å². The van der Waals surface area contributed by atoms with Crippen LogP contribution in [0.4, 0.5) is 0 Å². The van der Waals surface area contributed by atoms with Crippen molar-refractivity contribution in [1.82, 2.24) is 9.88 Å². The van der Waals surface area contributed by atoms with Crippen LogP contribution in [0.3, 0.4) is 0 Å². The van der Waals surface area contributed by atoms with Crippen LogP contribution in [0, 0.1) is 0 Å². The molecular formula is C12H14N2O4. The third kappa shape index (κ3) is 2.58. The van der Waals surface area contributed by atoms with Gasteiger partial charge in [0.15, 0.2) is 0 Å². The smallest absolute Gasteiger partial charge is 0.326 e. The van der Waals surface area contributed by atoms with Crippen LogP contribution in [0.2, 0.25) is 0 Å². The molecule has 1 aromatic rings. The van der Waals surface area contributed by atoms with Gasteiger partial charge >= 0.3 is 5.97 Å². The Morgan fingerprint density at radius 2 is 2.11 bits per heavy atom. The van der Waals surface area contributed by atoms with Crippen molar-refractivity contribution in [1.29, 1.82) is 0 Å². The van der Waals surface area contributed by atoms with Crippen LogP contribution >= 0.6 is 0 Å². The van der Waals surface area contributed by atoms with E-state index in [0.717, 1.165) is 0 Å². The first kappa shape index (κ1) is 12.3. The second kappa shape index (κ2) is 5.03. The third-order valence-corrected chi connectivity index (χ3v) is 2.90. The van der Waals surface area contributed by atoms with Crippen LogP contribution in [0.25, 0.3) is 0 Å². The van der Waals surface area contributed by atoms with E-state index in [1.807, 2.05) is 0 Å². The number of hydrogen-bond donors (Lipinski definition) is 1. The van der Waals surface area contributed by atoms with Crippen molar-refractivity contribution in [3.8, 4) is 5.75 Å². The number of carbonyl (C=O) groups is 2. The summed E-state index contributed by atoms with van der Waals surface area (Å²) < 4.78 is 5.64. The molecule has 2 rings (SSSR count). The van der Waals surface area contributed by atoms with Crippen molar-refractivity contribution in [2.75, 3.05) is 6.54 Å². The van der Waals surface area contributed by atoms with E-state index in [2.05, 4.69) is 4.98 Å². The summed E-state index contributed by atoms with van der Waals surface area (Å²) in [6.07, 6.45) is 3.21. The van der Waals surface area contributed by atoms with Crippen LogP contribution in [-0.2, 0) is 9.59 Å². The van der Waals surface area contributed by atoms with Gasteiger partial charge in [0, 0.05) is 25.7 Å². The molecule has 0 bridgehead atoms. The lowest BCUT2D eigenvalue weighted by Gasteiger charge is -2.18. The number of amides is 1. The number of ether oxygens (including phenoxy) is 1. The average Bonchev–Trinajstić information content (AvgIpc) is 2.74. The largest absolute Gasteiger partial charge is 0.488 e. The second-order valence-corrected chi connectivity index (χ2v) is 4.18. The van der Waals surface area contributed by atoms with Crippen LogP contribution in [0.15, 0.2) is 24.5 Å². The molecule has 1 amide bonds. The normalized spacial score (nSPS) is 22.8. The number of rotatable bonds is 3. The number of likely N-dealkylation sites (tertiary alicyclic amines) is 1. The fraction of sp³-hybridized carbons (Fsp3) is 0.417. The van der Waals surface area contributed by atoms with Gasteiger partial charge in [0.1, 0.15) is 17.9 Å². The first-order valence-electron chi connectivity index (χ1n) is 5.64. The van der Waals surface area contributed by atoms with Gasteiger partial charge in [0.2, 0.25) is 5.91 Å². The molecule has 18 heavy (non-hydrogen) atoms. The summed E-state index contributed by atoms with van der Waals surface area (Å²) in [6, 6.07) is 2.60. The van der Waals surface area contributed by atoms with E-state index >= 15 is 0 Å². The zero-order chi connectivity index (χ0) is 13.1. The lowest BCUT2D eigenvalue weighted by atomic mass is 10.2. The molecule has 1 aliphatic rings. The molecule has 6 heteroatoms. The zero-order valence-electron chi connectivity index (χ0n) is 9.94. The lowest BCUT2D eigenvalue weighted by Crippen LogP contribution is -2.39. The van der Waals surface area contributed by atoms with E-state index in [-0.39, 0.29) is 12.0 Å². The van der Waals surface area contributed by atoms with Gasteiger partial charge in [0.05, 0.1) is 6.54 Å². The highest BCUT2D eigenvalue weighted by molar-refractivity contribution is 5.83. The number of nitrogens with zero attached hydrogens (tertiary/aromatic N) is 2. The molecule has 0 spiro atoms. The first-order valence-corrected chi connectivity index (χ1v) is 5.64. The fourth-order valence-corrected chi connectivity index (χ4v) is 2.07. The van der Waals surface area contributed by atoms with Crippen molar-refractivity contribution in [3.63, 3.8) is 0 Å². The van der Waals surface area contributed by atoms with Crippen LogP contribution in [-0.4, -0.2) is 45.6 Å². The van der Waals surface area contributed by atoms with Crippen molar-refractivity contribution < 1.29 is 19.4 Å². The highest BCUT2D eigenvalue weighted by Crippen LogP contribution is 2.22. The van der Waals surface area contributed by atoms with E-state index in [9.17, 15) is 9.59 Å².